The Morgan fingerprint density at radius 2 is 2.17 bits per heavy atom. The van der Waals surface area contributed by atoms with Crippen LogP contribution in [0.4, 0.5) is 0 Å². The highest BCUT2D eigenvalue weighted by molar-refractivity contribution is 9.10. The molecule has 2 rings (SSSR count). The predicted molar refractivity (Wildman–Crippen MR) is 74.6 cm³/mol. The van der Waals surface area contributed by atoms with Gasteiger partial charge in [-0.3, -0.25) is 10.1 Å². The van der Waals surface area contributed by atoms with E-state index in [1.165, 1.54) is 0 Å². The van der Waals surface area contributed by atoms with Crippen LogP contribution < -0.4 is 5.32 Å². The van der Waals surface area contributed by atoms with Crippen LogP contribution in [0.3, 0.4) is 0 Å². The van der Waals surface area contributed by atoms with Crippen molar-refractivity contribution in [3.63, 3.8) is 0 Å². The molecule has 0 amide bonds. The van der Waals surface area contributed by atoms with E-state index < -0.39 is 12.0 Å². The van der Waals surface area contributed by atoms with Crippen molar-refractivity contribution in [2.45, 2.75) is 25.9 Å². The lowest BCUT2D eigenvalue weighted by atomic mass is 10.1. The Hall–Kier alpha value is -1.33. The third kappa shape index (κ3) is 2.57. The van der Waals surface area contributed by atoms with Gasteiger partial charge in [0.1, 0.15) is 6.04 Å². The number of nitrogens with one attached hydrogen (secondary N) is 2. The molecule has 0 spiro atoms. The van der Waals surface area contributed by atoms with E-state index in [-0.39, 0.29) is 6.04 Å². The molecule has 1 aromatic heterocycles. The molecule has 96 valence electrons. The van der Waals surface area contributed by atoms with Crippen LogP contribution in [0.2, 0.25) is 0 Å². The molecule has 1 aromatic carbocycles. The number of rotatable bonds is 4. The average molecular weight is 311 g/mol. The molecular formula is C13H15BrN2O2. The first kappa shape index (κ1) is 13.1. The Morgan fingerprint density at radius 3 is 2.78 bits per heavy atom. The van der Waals surface area contributed by atoms with Crippen LogP contribution in [0.5, 0.6) is 0 Å². The number of H-pyrrole nitrogens is 1. The van der Waals surface area contributed by atoms with Gasteiger partial charge in [0.2, 0.25) is 0 Å². The maximum absolute atomic E-state index is 11.4. The van der Waals surface area contributed by atoms with Gasteiger partial charge in [0.15, 0.2) is 0 Å². The van der Waals surface area contributed by atoms with Crippen molar-refractivity contribution in [2.75, 3.05) is 0 Å². The number of aliphatic carboxylic acids is 1. The molecule has 2 aromatic rings. The zero-order chi connectivity index (χ0) is 13.3. The molecular weight excluding hydrogens is 296 g/mol. The van der Waals surface area contributed by atoms with Crippen LogP contribution in [0.1, 0.15) is 25.5 Å². The molecule has 0 saturated carbocycles. The van der Waals surface area contributed by atoms with Gasteiger partial charge < -0.3 is 10.1 Å². The topological polar surface area (TPSA) is 65.1 Å². The Balaban J connectivity index is 2.50. The number of carbonyl (C=O) groups is 1. The van der Waals surface area contributed by atoms with E-state index in [4.69, 9.17) is 0 Å². The number of carboxylic acid groups (broad SMARTS) is 1. The van der Waals surface area contributed by atoms with Crippen molar-refractivity contribution in [1.82, 2.24) is 10.3 Å². The van der Waals surface area contributed by atoms with Crippen LogP contribution in [-0.4, -0.2) is 22.1 Å². The molecule has 1 atom stereocenters. The number of fused-ring (bicyclic) bond motifs is 1. The fourth-order valence-corrected chi connectivity index (χ4v) is 2.34. The number of halogens is 1. The number of hydrogen-bond donors (Lipinski definition) is 3. The van der Waals surface area contributed by atoms with E-state index >= 15 is 0 Å². The number of hydrogen-bond acceptors (Lipinski definition) is 2. The van der Waals surface area contributed by atoms with Crippen molar-refractivity contribution in [1.29, 1.82) is 0 Å². The fraction of sp³-hybridized carbons (Fsp3) is 0.308. The average Bonchev–Trinajstić information content (AvgIpc) is 2.68. The van der Waals surface area contributed by atoms with Gasteiger partial charge in [-0.1, -0.05) is 15.9 Å². The van der Waals surface area contributed by atoms with E-state index in [2.05, 4.69) is 26.2 Å². The molecule has 3 N–H and O–H groups in total. The van der Waals surface area contributed by atoms with Gasteiger partial charge in [-0.05, 0) is 32.0 Å². The molecule has 0 saturated heterocycles. The van der Waals surface area contributed by atoms with E-state index in [9.17, 15) is 9.90 Å². The summed E-state index contributed by atoms with van der Waals surface area (Å²) in [6.45, 7) is 3.86. The Morgan fingerprint density at radius 1 is 1.44 bits per heavy atom. The monoisotopic (exact) mass is 310 g/mol. The minimum atomic E-state index is -0.871. The number of carboxylic acids is 1. The van der Waals surface area contributed by atoms with Gasteiger partial charge in [0.25, 0.3) is 0 Å². The summed E-state index contributed by atoms with van der Waals surface area (Å²) in [7, 11) is 0. The van der Waals surface area contributed by atoms with Gasteiger partial charge in [0.05, 0.1) is 0 Å². The predicted octanol–water partition coefficient (Wildman–Crippen LogP) is 3.05. The zero-order valence-electron chi connectivity index (χ0n) is 10.2. The van der Waals surface area contributed by atoms with Crippen LogP contribution in [-0.2, 0) is 4.79 Å². The summed E-state index contributed by atoms with van der Waals surface area (Å²) >= 11 is 3.41. The fourth-order valence-electron chi connectivity index (χ4n) is 1.98. The third-order valence-corrected chi connectivity index (χ3v) is 3.23. The molecule has 4 nitrogen and oxygen atoms in total. The molecule has 0 fully saturated rings. The van der Waals surface area contributed by atoms with Gasteiger partial charge >= 0.3 is 5.97 Å². The Kier molecular flexibility index (Phi) is 3.73. The van der Waals surface area contributed by atoms with Crippen LogP contribution in [0, 0.1) is 0 Å². The molecule has 0 radical (unpaired) electrons. The second-order valence-corrected chi connectivity index (χ2v) is 5.44. The van der Waals surface area contributed by atoms with Crippen LogP contribution in [0.15, 0.2) is 28.9 Å². The quantitative estimate of drug-likeness (QED) is 0.813. The Labute approximate surface area is 114 Å². The molecule has 0 aliphatic rings. The zero-order valence-corrected chi connectivity index (χ0v) is 11.8. The first-order chi connectivity index (χ1) is 8.49. The summed E-state index contributed by atoms with van der Waals surface area (Å²) in [5, 5.41) is 13.3. The van der Waals surface area contributed by atoms with Crippen molar-refractivity contribution in [3.05, 3.63) is 34.4 Å². The summed E-state index contributed by atoms with van der Waals surface area (Å²) < 4.78 is 0.935. The second kappa shape index (κ2) is 5.12. The molecule has 0 aliphatic carbocycles. The minimum Gasteiger partial charge on any atom is -0.480 e. The van der Waals surface area contributed by atoms with E-state index in [1.54, 1.807) is 6.20 Å². The lowest BCUT2D eigenvalue weighted by Gasteiger charge is -2.16. The molecule has 0 bridgehead atoms. The first-order valence-corrected chi connectivity index (χ1v) is 6.53. The maximum atomic E-state index is 11.4. The number of aromatic nitrogens is 1. The van der Waals surface area contributed by atoms with Crippen molar-refractivity contribution >= 4 is 32.8 Å². The van der Waals surface area contributed by atoms with E-state index in [1.807, 2.05) is 32.0 Å². The third-order valence-electron chi connectivity index (χ3n) is 2.73. The molecule has 5 heteroatoms. The molecule has 1 heterocycles. The highest BCUT2D eigenvalue weighted by Gasteiger charge is 2.23. The normalized spacial score (nSPS) is 13.1. The largest absolute Gasteiger partial charge is 0.480 e. The molecule has 0 unspecified atom stereocenters. The lowest BCUT2D eigenvalue weighted by molar-refractivity contribution is -0.139. The summed E-state index contributed by atoms with van der Waals surface area (Å²) in [6.07, 6.45) is 1.76. The highest BCUT2D eigenvalue weighted by atomic mass is 79.9. The summed E-state index contributed by atoms with van der Waals surface area (Å²) in [6, 6.07) is 5.18. The number of benzene rings is 1. The van der Waals surface area contributed by atoms with Gasteiger partial charge in [-0.15, -0.1) is 0 Å². The van der Waals surface area contributed by atoms with Crippen LogP contribution >= 0.6 is 15.9 Å². The van der Waals surface area contributed by atoms with E-state index in [0.717, 1.165) is 20.9 Å². The van der Waals surface area contributed by atoms with Crippen molar-refractivity contribution in [3.8, 4) is 0 Å². The highest BCUT2D eigenvalue weighted by Crippen LogP contribution is 2.27. The van der Waals surface area contributed by atoms with Gasteiger partial charge in [0, 0.05) is 33.2 Å². The lowest BCUT2D eigenvalue weighted by Crippen LogP contribution is -2.33. The molecule has 18 heavy (non-hydrogen) atoms. The van der Waals surface area contributed by atoms with Crippen molar-refractivity contribution in [2.24, 2.45) is 0 Å². The maximum Gasteiger partial charge on any atom is 0.325 e. The summed E-state index contributed by atoms with van der Waals surface area (Å²) in [5.74, 6) is -0.871. The summed E-state index contributed by atoms with van der Waals surface area (Å²) in [4.78, 5) is 14.5. The van der Waals surface area contributed by atoms with Gasteiger partial charge in [-0.2, -0.15) is 0 Å². The Bertz CT molecular complexity index is 577. The van der Waals surface area contributed by atoms with Crippen LogP contribution in [0.25, 0.3) is 10.9 Å². The summed E-state index contributed by atoms with van der Waals surface area (Å²) in [5.41, 5.74) is 1.69. The van der Waals surface area contributed by atoms with Gasteiger partial charge in [-0.25, -0.2) is 0 Å². The standard InChI is InChI=1S/C13H15BrN2O2/c1-7(2)16-12(13(17)18)10-6-15-11-4-3-8(14)5-9(10)11/h3-7,12,15-16H,1-2H3,(H,17,18)/t12-/m0/s1. The van der Waals surface area contributed by atoms with Crippen molar-refractivity contribution < 1.29 is 9.90 Å². The molecule has 0 aliphatic heterocycles. The first-order valence-electron chi connectivity index (χ1n) is 5.74. The second-order valence-electron chi connectivity index (χ2n) is 4.53. The van der Waals surface area contributed by atoms with E-state index in [0.29, 0.717) is 0 Å². The number of aromatic amines is 1. The smallest absolute Gasteiger partial charge is 0.325 e. The SMILES string of the molecule is CC(C)N[C@H](C(=O)O)c1c[nH]c2ccc(Br)cc12. The minimum absolute atomic E-state index is 0.100.